The minimum Gasteiger partial charge on any atom is -0.406 e. The van der Waals surface area contributed by atoms with Crippen molar-refractivity contribution in [2.45, 2.75) is 83.3 Å². The fraction of sp³-hybridized carbons (Fsp3) is 0.500. The van der Waals surface area contributed by atoms with Gasteiger partial charge in [-0.05, 0) is 85.7 Å². The van der Waals surface area contributed by atoms with E-state index in [4.69, 9.17) is 9.72 Å². The van der Waals surface area contributed by atoms with Gasteiger partial charge in [0.25, 0.3) is 5.91 Å². The second-order valence-electron chi connectivity index (χ2n) is 12.9. The van der Waals surface area contributed by atoms with Crippen LogP contribution in [0, 0.1) is 0 Å². The number of carbonyl (C=O) groups excluding carboxylic acids is 2. The highest BCUT2D eigenvalue weighted by Crippen LogP contribution is 2.30. The molecule has 45 heavy (non-hydrogen) atoms. The SMILES string of the molecule is C[Si](C)(C)CCOCn1c(=O)n(C2CCN(C(=O)c3ccc(OC(F)(F)F)cc3)CC2)c2cc(C3=CC(=O)CCCC3)cnc21. The summed E-state index contributed by atoms with van der Waals surface area (Å²) in [5, 5.41) is 0. The van der Waals surface area contributed by atoms with Crippen LogP contribution in [0.2, 0.25) is 25.7 Å². The monoisotopic (exact) mass is 644 g/mol. The van der Waals surface area contributed by atoms with Gasteiger partial charge in [0.1, 0.15) is 12.5 Å². The van der Waals surface area contributed by atoms with Crippen LogP contribution in [0.15, 0.2) is 47.4 Å². The van der Waals surface area contributed by atoms with Gasteiger partial charge in [-0.1, -0.05) is 19.6 Å². The standard InChI is InChI=1S/C32H39F3N4O5Si/c1-45(2,3)17-16-43-21-38-29-28(19-24(20-36-29)23-6-4-5-7-26(40)18-23)39(31(38)42)25-12-14-37(15-13-25)30(41)22-8-10-27(11-9-22)44-32(33,34)35/h8-11,18-20,25H,4-7,12-17,21H2,1-3H3. The van der Waals surface area contributed by atoms with Crippen molar-refractivity contribution in [3.8, 4) is 5.75 Å². The third kappa shape index (κ3) is 8.12. The maximum Gasteiger partial charge on any atom is 0.573 e. The number of amides is 1. The number of hydrogen-bond acceptors (Lipinski definition) is 6. The molecule has 0 saturated carbocycles. The Labute approximate surface area is 260 Å². The van der Waals surface area contributed by atoms with Crippen LogP contribution in [0.4, 0.5) is 13.2 Å². The van der Waals surface area contributed by atoms with E-state index in [1.54, 1.807) is 26.3 Å². The summed E-state index contributed by atoms with van der Waals surface area (Å²) in [5.74, 6) is -0.602. The van der Waals surface area contributed by atoms with Crippen molar-refractivity contribution in [2.75, 3.05) is 19.7 Å². The van der Waals surface area contributed by atoms with Crippen molar-refractivity contribution in [1.29, 1.82) is 0 Å². The minimum atomic E-state index is -4.81. The third-order valence-electron chi connectivity index (χ3n) is 8.29. The number of hydrogen-bond donors (Lipinski definition) is 0. The summed E-state index contributed by atoms with van der Waals surface area (Å²) in [6.07, 6.45) is 2.64. The first-order valence-corrected chi connectivity index (χ1v) is 19.1. The van der Waals surface area contributed by atoms with Crippen LogP contribution in [0.3, 0.4) is 0 Å². The van der Waals surface area contributed by atoms with Gasteiger partial charge in [0.15, 0.2) is 11.4 Å². The smallest absolute Gasteiger partial charge is 0.406 e. The number of alkyl halides is 3. The maximum atomic E-state index is 13.9. The molecule has 1 aliphatic carbocycles. The fourth-order valence-electron chi connectivity index (χ4n) is 5.82. The second-order valence-corrected chi connectivity index (χ2v) is 18.6. The van der Waals surface area contributed by atoms with Gasteiger partial charge in [-0.25, -0.2) is 9.78 Å². The van der Waals surface area contributed by atoms with E-state index in [0.717, 1.165) is 48.6 Å². The van der Waals surface area contributed by atoms with E-state index >= 15 is 0 Å². The van der Waals surface area contributed by atoms with E-state index in [-0.39, 0.29) is 35.7 Å². The highest BCUT2D eigenvalue weighted by Gasteiger charge is 2.32. The molecule has 1 saturated heterocycles. The summed E-state index contributed by atoms with van der Waals surface area (Å²) in [7, 11) is -1.32. The zero-order chi connectivity index (χ0) is 32.4. The number of pyridine rings is 1. The molecule has 0 radical (unpaired) electrons. The zero-order valence-corrected chi connectivity index (χ0v) is 26.9. The molecule has 5 rings (SSSR count). The molecule has 1 fully saturated rings. The number of likely N-dealkylation sites (tertiary alicyclic amines) is 1. The van der Waals surface area contributed by atoms with Crippen molar-refractivity contribution in [3.63, 3.8) is 0 Å². The Morgan fingerprint density at radius 2 is 1.73 bits per heavy atom. The molecular weight excluding hydrogens is 605 g/mol. The molecule has 0 unspecified atom stereocenters. The lowest BCUT2D eigenvalue weighted by Crippen LogP contribution is -2.41. The zero-order valence-electron chi connectivity index (χ0n) is 25.9. The van der Waals surface area contributed by atoms with Crippen molar-refractivity contribution in [1.82, 2.24) is 19.0 Å². The summed E-state index contributed by atoms with van der Waals surface area (Å²) < 4.78 is 50.7. The number of imidazole rings is 1. The van der Waals surface area contributed by atoms with Gasteiger partial charge < -0.3 is 14.4 Å². The number of benzene rings is 1. The van der Waals surface area contributed by atoms with E-state index in [2.05, 4.69) is 24.4 Å². The number of fused-ring (bicyclic) bond motifs is 1. The Bertz CT molecular complexity index is 1630. The summed E-state index contributed by atoms with van der Waals surface area (Å²) in [6.45, 7) is 8.14. The van der Waals surface area contributed by atoms with Gasteiger partial charge >= 0.3 is 12.1 Å². The number of allylic oxidation sites excluding steroid dienone is 2. The lowest BCUT2D eigenvalue weighted by Gasteiger charge is -2.32. The van der Waals surface area contributed by atoms with Gasteiger partial charge in [0.05, 0.1) is 5.52 Å². The molecule has 3 aromatic rings. The average molecular weight is 645 g/mol. The van der Waals surface area contributed by atoms with Gasteiger partial charge in [-0.2, -0.15) is 0 Å². The predicted octanol–water partition coefficient (Wildman–Crippen LogP) is 6.41. The summed E-state index contributed by atoms with van der Waals surface area (Å²) >= 11 is 0. The highest BCUT2D eigenvalue weighted by atomic mass is 28.3. The third-order valence-corrected chi connectivity index (χ3v) is 10.00. The molecule has 0 bridgehead atoms. The van der Waals surface area contributed by atoms with Gasteiger partial charge in [0.2, 0.25) is 0 Å². The van der Waals surface area contributed by atoms with Crippen LogP contribution < -0.4 is 10.4 Å². The van der Waals surface area contributed by atoms with E-state index < -0.39 is 20.2 Å². The number of aromatic nitrogens is 3. The van der Waals surface area contributed by atoms with Gasteiger partial charge in [-0.3, -0.25) is 18.7 Å². The average Bonchev–Trinajstić information content (AvgIpc) is 3.09. The van der Waals surface area contributed by atoms with E-state index in [9.17, 15) is 27.6 Å². The number of rotatable bonds is 9. The maximum absolute atomic E-state index is 13.9. The molecule has 1 amide bonds. The summed E-state index contributed by atoms with van der Waals surface area (Å²) in [6, 6.07) is 7.56. The first-order chi connectivity index (χ1) is 21.3. The number of ether oxygens (including phenoxy) is 2. The lowest BCUT2D eigenvalue weighted by molar-refractivity contribution is -0.274. The van der Waals surface area contributed by atoms with E-state index in [1.807, 2.05) is 6.07 Å². The van der Waals surface area contributed by atoms with Crippen molar-refractivity contribution in [3.05, 3.63) is 64.2 Å². The first kappa shape index (κ1) is 32.7. The van der Waals surface area contributed by atoms with Gasteiger partial charge in [0, 0.05) is 52.0 Å². The molecule has 242 valence electrons. The Hall–Kier alpha value is -3.71. The second kappa shape index (κ2) is 13.3. The molecule has 2 aromatic heterocycles. The van der Waals surface area contributed by atoms with Crippen LogP contribution in [0.1, 0.15) is 60.5 Å². The van der Waals surface area contributed by atoms with Crippen LogP contribution in [0.5, 0.6) is 5.75 Å². The molecular formula is C32H39F3N4O5Si. The lowest BCUT2D eigenvalue weighted by atomic mass is 10.0. The Morgan fingerprint density at radius 3 is 2.40 bits per heavy atom. The van der Waals surface area contributed by atoms with Crippen LogP contribution in [-0.4, -0.2) is 64.8 Å². The highest BCUT2D eigenvalue weighted by molar-refractivity contribution is 6.76. The minimum absolute atomic E-state index is 0.0751. The molecule has 2 aliphatic rings. The largest absolute Gasteiger partial charge is 0.573 e. The molecule has 3 heterocycles. The molecule has 0 N–H and O–H groups in total. The van der Waals surface area contributed by atoms with Crippen molar-refractivity contribution < 1.29 is 32.2 Å². The van der Waals surface area contributed by atoms with Crippen molar-refractivity contribution in [2.24, 2.45) is 0 Å². The van der Waals surface area contributed by atoms with E-state index in [0.29, 0.717) is 50.1 Å². The van der Waals surface area contributed by atoms with E-state index in [1.165, 1.54) is 12.1 Å². The Morgan fingerprint density at radius 1 is 1.04 bits per heavy atom. The number of carbonyl (C=O) groups is 2. The topological polar surface area (TPSA) is 95.7 Å². The Kier molecular flexibility index (Phi) is 9.68. The quantitative estimate of drug-likeness (QED) is 0.197. The van der Waals surface area contributed by atoms with Crippen LogP contribution in [0.25, 0.3) is 16.7 Å². The predicted molar refractivity (Wildman–Crippen MR) is 167 cm³/mol. The number of halogens is 3. The number of nitrogens with zero attached hydrogens (tertiary/aromatic N) is 4. The number of ketones is 1. The summed E-state index contributed by atoms with van der Waals surface area (Å²) in [5.41, 5.74) is 2.92. The molecule has 0 atom stereocenters. The first-order valence-electron chi connectivity index (χ1n) is 15.4. The normalized spacial score (nSPS) is 17.0. The molecule has 1 aliphatic heterocycles. The molecule has 0 spiro atoms. The molecule has 13 heteroatoms. The molecule has 9 nitrogen and oxygen atoms in total. The Balaban J connectivity index is 1.38. The van der Waals surface area contributed by atoms with Crippen molar-refractivity contribution >= 4 is 36.5 Å². The van der Waals surface area contributed by atoms with Crippen LogP contribution >= 0.6 is 0 Å². The molecule has 1 aromatic carbocycles. The van der Waals surface area contributed by atoms with Crippen LogP contribution in [-0.2, 0) is 16.3 Å². The number of piperidine rings is 1. The van der Waals surface area contributed by atoms with Gasteiger partial charge in [-0.15, -0.1) is 13.2 Å². The fourth-order valence-corrected chi connectivity index (χ4v) is 6.58. The summed E-state index contributed by atoms with van der Waals surface area (Å²) in [4.78, 5) is 45.7.